The monoisotopic (exact) mass is 247 g/mol. The predicted octanol–water partition coefficient (Wildman–Crippen LogP) is 3.44. The zero-order chi connectivity index (χ0) is 12.3. The Morgan fingerprint density at radius 2 is 2.18 bits per heavy atom. The largest absolute Gasteiger partial charge is 0.478 e. The summed E-state index contributed by atoms with van der Waals surface area (Å²) in [6.45, 7) is 2.09. The molecule has 0 atom stereocenters. The van der Waals surface area contributed by atoms with Crippen LogP contribution in [-0.2, 0) is 0 Å². The van der Waals surface area contributed by atoms with Crippen LogP contribution in [0.1, 0.15) is 23.7 Å². The van der Waals surface area contributed by atoms with Gasteiger partial charge in [0.2, 0.25) is 0 Å². The Morgan fingerprint density at radius 3 is 2.88 bits per heavy atom. The fraction of sp³-hybridized carbons (Fsp3) is 0.231. The lowest BCUT2D eigenvalue weighted by atomic mass is 10.1. The van der Waals surface area contributed by atoms with Gasteiger partial charge in [0.1, 0.15) is 0 Å². The third kappa shape index (κ3) is 2.58. The Bertz CT molecular complexity index is 554. The van der Waals surface area contributed by atoms with Crippen molar-refractivity contribution in [3.63, 3.8) is 0 Å². The summed E-state index contributed by atoms with van der Waals surface area (Å²) in [6.07, 6.45) is 1.04. The van der Waals surface area contributed by atoms with Crippen LogP contribution < -0.4 is 0 Å². The molecule has 0 spiro atoms. The Balaban J connectivity index is 2.55. The van der Waals surface area contributed by atoms with E-state index in [4.69, 9.17) is 0 Å². The summed E-state index contributed by atoms with van der Waals surface area (Å²) in [5.74, 6) is 0.0478. The fourth-order valence-electron chi connectivity index (χ4n) is 1.61. The highest BCUT2D eigenvalue weighted by atomic mass is 32.2. The SMILES string of the molecule is CCCSc1cc(C(=O)O)c2ccccc2n1. The van der Waals surface area contributed by atoms with E-state index in [-0.39, 0.29) is 0 Å². The number of aromatic nitrogens is 1. The van der Waals surface area contributed by atoms with Crippen LogP contribution in [-0.4, -0.2) is 21.8 Å². The lowest BCUT2D eigenvalue weighted by molar-refractivity contribution is 0.0698. The molecule has 0 fully saturated rings. The van der Waals surface area contributed by atoms with Crippen molar-refractivity contribution in [2.45, 2.75) is 18.4 Å². The highest BCUT2D eigenvalue weighted by Gasteiger charge is 2.11. The highest BCUT2D eigenvalue weighted by molar-refractivity contribution is 7.99. The average Bonchev–Trinajstić information content (AvgIpc) is 2.35. The number of carboxylic acids is 1. The van der Waals surface area contributed by atoms with Gasteiger partial charge in [-0.1, -0.05) is 25.1 Å². The summed E-state index contributed by atoms with van der Waals surface area (Å²) in [4.78, 5) is 15.7. The molecule has 1 heterocycles. The molecular weight excluding hydrogens is 234 g/mol. The lowest BCUT2D eigenvalue weighted by Crippen LogP contribution is -1.99. The molecule has 2 aromatic rings. The summed E-state index contributed by atoms with van der Waals surface area (Å²) in [7, 11) is 0. The van der Waals surface area contributed by atoms with Crippen molar-refractivity contribution in [1.82, 2.24) is 4.98 Å². The quantitative estimate of drug-likeness (QED) is 0.841. The number of fused-ring (bicyclic) bond motifs is 1. The number of carbonyl (C=O) groups is 1. The molecule has 1 N–H and O–H groups in total. The summed E-state index contributed by atoms with van der Waals surface area (Å²) in [5.41, 5.74) is 1.07. The van der Waals surface area contributed by atoms with Crippen molar-refractivity contribution < 1.29 is 9.90 Å². The van der Waals surface area contributed by atoms with Crippen LogP contribution >= 0.6 is 11.8 Å². The number of hydrogen-bond donors (Lipinski definition) is 1. The first kappa shape index (κ1) is 11.9. The van der Waals surface area contributed by atoms with Crippen LogP contribution in [0, 0.1) is 0 Å². The van der Waals surface area contributed by atoms with Crippen molar-refractivity contribution in [3.05, 3.63) is 35.9 Å². The second-order valence-electron chi connectivity index (χ2n) is 3.68. The van der Waals surface area contributed by atoms with Gasteiger partial charge >= 0.3 is 5.97 Å². The molecule has 17 heavy (non-hydrogen) atoms. The molecule has 0 saturated carbocycles. The maximum Gasteiger partial charge on any atom is 0.336 e. The van der Waals surface area contributed by atoms with Crippen LogP contribution in [0.3, 0.4) is 0 Å². The van der Waals surface area contributed by atoms with E-state index < -0.39 is 5.97 Å². The minimum atomic E-state index is -0.901. The van der Waals surface area contributed by atoms with Gasteiger partial charge in [-0.3, -0.25) is 0 Å². The second kappa shape index (κ2) is 5.19. The topological polar surface area (TPSA) is 50.2 Å². The Labute approximate surface area is 104 Å². The minimum Gasteiger partial charge on any atom is -0.478 e. The van der Waals surface area contributed by atoms with Gasteiger partial charge in [-0.05, 0) is 24.3 Å². The van der Waals surface area contributed by atoms with Crippen molar-refractivity contribution in [2.75, 3.05) is 5.75 Å². The van der Waals surface area contributed by atoms with Gasteiger partial charge in [-0.2, -0.15) is 0 Å². The van der Waals surface area contributed by atoms with Crippen LogP contribution in [0.25, 0.3) is 10.9 Å². The molecule has 0 amide bonds. The van der Waals surface area contributed by atoms with Gasteiger partial charge in [-0.25, -0.2) is 9.78 Å². The molecule has 0 bridgehead atoms. The number of nitrogens with zero attached hydrogens (tertiary/aromatic N) is 1. The summed E-state index contributed by atoms with van der Waals surface area (Å²) >= 11 is 1.59. The van der Waals surface area contributed by atoms with Gasteiger partial charge in [0.15, 0.2) is 0 Å². The summed E-state index contributed by atoms with van der Waals surface area (Å²) < 4.78 is 0. The van der Waals surface area contributed by atoms with Gasteiger partial charge in [0.05, 0.1) is 16.1 Å². The Morgan fingerprint density at radius 1 is 1.41 bits per heavy atom. The zero-order valence-electron chi connectivity index (χ0n) is 9.51. The number of hydrogen-bond acceptors (Lipinski definition) is 3. The second-order valence-corrected chi connectivity index (χ2v) is 4.79. The van der Waals surface area contributed by atoms with E-state index in [1.54, 1.807) is 23.9 Å². The number of rotatable bonds is 4. The molecule has 0 aliphatic heterocycles. The highest BCUT2D eigenvalue weighted by Crippen LogP contribution is 2.24. The van der Waals surface area contributed by atoms with E-state index in [1.165, 1.54) is 0 Å². The molecular formula is C13H13NO2S. The van der Waals surface area contributed by atoms with Crippen molar-refractivity contribution in [1.29, 1.82) is 0 Å². The molecule has 0 saturated heterocycles. The molecule has 4 heteroatoms. The molecule has 0 aliphatic rings. The molecule has 0 radical (unpaired) electrons. The first-order valence-electron chi connectivity index (χ1n) is 5.48. The van der Waals surface area contributed by atoms with Crippen molar-refractivity contribution in [2.24, 2.45) is 0 Å². The maximum absolute atomic E-state index is 11.2. The first-order chi connectivity index (χ1) is 8.22. The lowest BCUT2D eigenvalue weighted by Gasteiger charge is -2.05. The summed E-state index contributed by atoms with van der Waals surface area (Å²) in [5, 5.41) is 10.7. The van der Waals surface area contributed by atoms with E-state index in [2.05, 4.69) is 11.9 Å². The van der Waals surface area contributed by atoms with Gasteiger partial charge < -0.3 is 5.11 Å². The third-order valence-corrected chi connectivity index (χ3v) is 3.49. The van der Waals surface area contributed by atoms with Crippen molar-refractivity contribution >= 4 is 28.6 Å². The molecule has 0 aliphatic carbocycles. The van der Waals surface area contributed by atoms with E-state index in [9.17, 15) is 9.90 Å². The van der Waals surface area contributed by atoms with Crippen LogP contribution in [0.5, 0.6) is 0 Å². The third-order valence-electron chi connectivity index (χ3n) is 2.38. The minimum absolute atomic E-state index is 0.328. The van der Waals surface area contributed by atoms with Gasteiger partial charge in [0, 0.05) is 5.39 Å². The predicted molar refractivity (Wildman–Crippen MR) is 69.7 cm³/mol. The number of pyridine rings is 1. The van der Waals surface area contributed by atoms with Crippen LogP contribution in [0.2, 0.25) is 0 Å². The maximum atomic E-state index is 11.2. The average molecular weight is 247 g/mol. The van der Waals surface area contributed by atoms with Crippen molar-refractivity contribution in [3.8, 4) is 0 Å². The zero-order valence-corrected chi connectivity index (χ0v) is 10.3. The molecule has 0 unspecified atom stereocenters. The standard InChI is InChI=1S/C13H13NO2S/c1-2-7-17-12-8-10(13(15)16)9-5-3-4-6-11(9)14-12/h3-6,8H,2,7H2,1H3,(H,15,16). The molecule has 3 nitrogen and oxygen atoms in total. The Kier molecular flexibility index (Phi) is 3.64. The van der Waals surface area contributed by atoms with E-state index in [0.717, 1.165) is 22.7 Å². The van der Waals surface area contributed by atoms with Gasteiger partial charge in [-0.15, -0.1) is 11.8 Å². The number of benzene rings is 1. The van der Waals surface area contributed by atoms with E-state index in [0.29, 0.717) is 10.9 Å². The number of para-hydroxylation sites is 1. The van der Waals surface area contributed by atoms with Crippen LogP contribution in [0.15, 0.2) is 35.4 Å². The first-order valence-corrected chi connectivity index (χ1v) is 6.47. The Hall–Kier alpha value is -1.55. The van der Waals surface area contributed by atoms with Crippen LogP contribution in [0.4, 0.5) is 0 Å². The molecule has 88 valence electrons. The smallest absolute Gasteiger partial charge is 0.336 e. The van der Waals surface area contributed by atoms with E-state index in [1.807, 2.05) is 18.2 Å². The fourth-order valence-corrected chi connectivity index (χ4v) is 2.39. The molecule has 1 aromatic carbocycles. The van der Waals surface area contributed by atoms with Gasteiger partial charge in [0.25, 0.3) is 0 Å². The number of aromatic carboxylic acids is 1. The molecule has 1 aromatic heterocycles. The normalized spacial score (nSPS) is 10.6. The number of carboxylic acid groups (broad SMARTS) is 1. The molecule has 2 rings (SSSR count). The van der Waals surface area contributed by atoms with E-state index >= 15 is 0 Å². The number of thioether (sulfide) groups is 1. The summed E-state index contributed by atoms with van der Waals surface area (Å²) in [6, 6.07) is 8.99.